The fourth-order valence-electron chi connectivity index (χ4n) is 3.78. The van der Waals surface area contributed by atoms with Crippen LogP contribution in [0.15, 0.2) is 55.0 Å². The van der Waals surface area contributed by atoms with Gasteiger partial charge in [-0.25, -0.2) is 13.2 Å². The van der Waals surface area contributed by atoms with Crippen molar-refractivity contribution in [2.24, 2.45) is 0 Å². The predicted molar refractivity (Wildman–Crippen MR) is 121 cm³/mol. The lowest BCUT2D eigenvalue weighted by atomic mass is 10.0. The first kappa shape index (κ1) is 21.5. The van der Waals surface area contributed by atoms with Crippen LogP contribution in [0.2, 0.25) is 0 Å². The Balaban J connectivity index is 1.79. The second kappa shape index (κ2) is 8.10. The highest BCUT2D eigenvalue weighted by Crippen LogP contribution is 2.44. The summed E-state index contributed by atoms with van der Waals surface area (Å²) < 4.78 is 28.1. The fourth-order valence-corrected chi connectivity index (χ4v) is 6.93. The average molecular weight is 459 g/mol. The smallest absolute Gasteiger partial charge is 0.328 e. The molecule has 4 rings (SSSR count). The largest absolute Gasteiger partial charge is 0.330 e. The molecule has 1 saturated heterocycles. The Bertz CT molecular complexity index is 1250. The van der Waals surface area contributed by atoms with E-state index in [4.69, 9.17) is 0 Å². The number of nitrogens with zero attached hydrogens (tertiary/aromatic N) is 4. The summed E-state index contributed by atoms with van der Waals surface area (Å²) in [5, 5.41) is 0.0837. The second-order valence-corrected chi connectivity index (χ2v) is 10.6. The zero-order valence-electron chi connectivity index (χ0n) is 17.3. The third-order valence-electron chi connectivity index (χ3n) is 5.17. The van der Waals surface area contributed by atoms with Gasteiger partial charge in [-0.3, -0.25) is 14.3 Å². The minimum Gasteiger partial charge on any atom is -0.330 e. The van der Waals surface area contributed by atoms with E-state index in [0.717, 1.165) is 11.8 Å². The molecule has 3 aromatic rings. The molecule has 0 N–H and O–H groups in total. The van der Waals surface area contributed by atoms with Crippen molar-refractivity contribution in [3.63, 3.8) is 0 Å². The van der Waals surface area contributed by atoms with Gasteiger partial charge in [0.2, 0.25) is 10.0 Å². The van der Waals surface area contributed by atoms with Gasteiger partial charge >= 0.3 is 6.03 Å². The van der Waals surface area contributed by atoms with Crippen molar-refractivity contribution in [1.82, 2.24) is 18.8 Å². The van der Waals surface area contributed by atoms with Gasteiger partial charge < -0.3 is 4.90 Å². The number of para-hydroxylation sites is 1. The van der Waals surface area contributed by atoms with Gasteiger partial charge in [-0.05, 0) is 17.7 Å². The Morgan fingerprint density at radius 2 is 1.90 bits per heavy atom. The first-order valence-corrected chi connectivity index (χ1v) is 12.5. The molecule has 0 saturated carbocycles. The molecule has 0 aliphatic carbocycles. The van der Waals surface area contributed by atoms with Crippen molar-refractivity contribution in [3.8, 4) is 0 Å². The molecule has 31 heavy (non-hydrogen) atoms. The number of fused-ring (bicyclic) bond motifs is 1. The lowest BCUT2D eigenvalue weighted by Crippen LogP contribution is -2.42. The van der Waals surface area contributed by atoms with Crippen LogP contribution in [0.1, 0.15) is 21.3 Å². The third kappa shape index (κ3) is 3.86. The molecule has 1 aromatic carbocycles. The van der Waals surface area contributed by atoms with Gasteiger partial charge in [-0.1, -0.05) is 24.3 Å². The molecular weight excluding hydrogens is 436 g/mol. The quantitative estimate of drug-likeness (QED) is 0.558. The number of hydrogen-bond acceptors (Lipinski definition) is 6. The van der Waals surface area contributed by atoms with Gasteiger partial charge in [0.05, 0.1) is 23.2 Å². The summed E-state index contributed by atoms with van der Waals surface area (Å²) in [6.45, 7) is 0. The monoisotopic (exact) mass is 458 g/mol. The summed E-state index contributed by atoms with van der Waals surface area (Å²) in [6, 6.07) is 9.51. The number of aromatic nitrogens is 2. The molecule has 2 unspecified atom stereocenters. The van der Waals surface area contributed by atoms with Crippen molar-refractivity contribution in [1.29, 1.82) is 0 Å². The number of amides is 1. The van der Waals surface area contributed by atoms with Crippen LogP contribution in [0.5, 0.6) is 0 Å². The number of hydrogen-bond donors (Lipinski definition) is 0. The van der Waals surface area contributed by atoms with Gasteiger partial charge in [-0.2, -0.15) is 4.31 Å². The van der Waals surface area contributed by atoms with E-state index in [0.29, 0.717) is 22.2 Å². The van der Waals surface area contributed by atoms with Crippen LogP contribution in [0.25, 0.3) is 10.9 Å². The molecule has 1 fully saturated rings. The number of carbonyl (C=O) groups excluding carboxylic acids is 2. The zero-order chi connectivity index (χ0) is 22.3. The van der Waals surface area contributed by atoms with Crippen LogP contribution in [0.4, 0.5) is 4.79 Å². The average Bonchev–Trinajstić information content (AvgIpc) is 3.36. The highest BCUT2D eigenvalue weighted by molar-refractivity contribution is 8.01. The van der Waals surface area contributed by atoms with E-state index in [1.807, 2.05) is 0 Å². The predicted octanol–water partition coefficient (Wildman–Crippen LogP) is 2.82. The van der Waals surface area contributed by atoms with Gasteiger partial charge in [0.1, 0.15) is 0 Å². The Hall–Kier alpha value is -2.69. The highest BCUT2D eigenvalue weighted by Gasteiger charge is 2.45. The first-order valence-electron chi connectivity index (χ1n) is 9.56. The Kier molecular flexibility index (Phi) is 5.63. The minimum absolute atomic E-state index is 0.288. The van der Waals surface area contributed by atoms with Crippen LogP contribution >= 0.6 is 11.8 Å². The molecule has 2 aromatic heterocycles. The lowest BCUT2D eigenvalue weighted by Gasteiger charge is -2.26. The standard InChI is InChI=1S/C21H22N4O4S2/c1-23(2)21(27)24-12-16(15-8-4-5-9-17(15)24)19(26)18-13-30-20(25(18)31(3,28)29)14-7-6-10-22-11-14/h4-12,18,20H,13H2,1-3H3. The van der Waals surface area contributed by atoms with Gasteiger partial charge in [0.15, 0.2) is 5.78 Å². The van der Waals surface area contributed by atoms with Gasteiger partial charge in [0, 0.05) is 49.4 Å². The molecule has 2 atom stereocenters. The molecule has 8 nitrogen and oxygen atoms in total. The Labute approximate surface area is 184 Å². The molecule has 10 heteroatoms. The molecule has 162 valence electrons. The van der Waals surface area contributed by atoms with E-state index in [9.17, 15) is 18.0 Å². The lowest BCUT2D eigenvalue weighted by molar-refractivity contribution is 0.0916. The maximum atomic E-state index is 13.6. The summed E-state index contributed by atoms with van der Waals surface area (Å²) in [7, 11) is -0.426. The zero-order valence-corrected chi connectivity index (χ0v) is 18.9. The summed E-state index contributed by atoms with van der Waals surface area (Å²) in [4.78, 5) is 31.8. The molecule has 0 spiro atoms. The fraction of sp³-hybridized carbons (Fsp3) is 0.286. The van der Waals surface area contributed by atoms with Gasteiger partial charge in [0.25, 0.3) is 0 Å². The Morgan fingerprint density at radius 1 is 1.16 bits per heavy atom. The molecule has 1 aliphatic rings. The minimum atomic E-state index is -3.70. The normalized spacial score (nSPS) is 19.6. The van der Waals surface area contributed by atoms with E-state index in [2.05, 4.69) is 4.98 Å². The number of Topliss-reactive ketones (excluding diaryl/α,β-unsaturated/α-hetero) is 1. The Morgan fingerprint density at radius 3 is 2.55 bits per heavy atom. The van der Waals surface area contributed by atoms with Crippen molar-refractivity contribution >= 4 is 44.5 Å². The maximum Gasteiger partial charge on any atom is 0.328 e. The molecule has 0 radical (unpaired) electrons. The number of benzene rings is 1. The van der Waals surface area contributed by atoms with Crippen LogP contribution in [-0.2, 0) is 10.0 Å². The van der Waals surface area contributed by atoms with Crippen molar-refractivity contribution in [2.75, 3.05) is 26.1 Å². The highest BCUT2D eigenvalue weighted by atomic mass is 32.2. The topological polar surface area (TPSA) is 92.6 Å². The first-order chi connectivity index (χ1) is 14.7. The maximum absolute atomic E-state index is 13.6. The molecule has 0 bridgehead atoms. The number of thioether (sulfide) groups is 1. The number of pyridine rings is 1. The van der Waals surface area contributed by atoms with Crippen LogP contribution in [0.3, 0.4) is 0 Å². The van der Waals surface area contributed by atoms with Crippen molar-refractivity contribution in [3.05, 3.63) is 66.1 Å². The number of carbonyl (C=O) groups is 2. The van der Waals surface area contributed by atoms with Crippen molar-refractivity contribution in [2.45, 2.75) is 11.4 Å². The SMILES string of the molecule is CN(C)C(=O)n1cc(C(=O)C2CSC(c3cccnc3)N2S(C)(=O)=O)c2ccccc21. The molecular formula is C21H22N4O4S2. The van der Waals surface area contributed by atoms with Crippen LogP contribution in [0, 0.1) is 0 Å². The van der Waals surface area contributed by atoms with E-state index in [1.165, 1.54) is 31.7 Å². The summed E-state index contributed by atoms with van der Waals surface area (Å²) in [5.41, 5.74) is 1.65. The van der Waals surface area contributed by atoms with Crippen molar-refractivity contribution < 1.29 is 18.0 Å². The molecule has 1 amide bonds. The number of sulfonamides is 1. The second-order valence-electron chi connectivity index (χ2n) is 7.55. The van der Waals surface area contributed by atoms with E-state index in [1.54, 1.807) is 62.9 Å². The summed E-state index contributed by atoms with van der Waals surface area (Å²) >= 11 is 1.39. The molecule has 3 heterocycles. The van der Waals surface area contributed by atoms with Gasteiger partial charge in [-0.15, -0.1) is 11.8 Å². The van der Waals surface area contributed by atoms with E-state index >= 15 is 0 Å². The summed E-state index contributed by atoms with van der Waals surface area (Å²) in [5.74, 6) is -0.0158. The number of rotatable bonds is 4. The van der Waals surface area contributed by atoms with Crippen LogP contribution < -0.4 is 0 Å². The van der Waals surface area contributed by atoms with Crippen LogP contribution in [-0.4, -0.2) is 71.1 Å². The molecule has 1 aliphatic heterocycles. The number of ketones is 1. The van der Waals surface area contributed by atoms with E-state index < -0.39 is 21.4 Å². The summed E-state index contributed by atoms with van der Waals surface area (Å²) in [6.07, 6.45) is 5.86. The van der Waals surface area contributed by atoms with E-state index in [-0.39, 0.29) is 11.8 Å². The third-order valence-corrected chi connectivity index (χ3v) is 7.86.